The molecule has 1 aliphatic heterocycles. The van der Waals surface area contributed by atoms with Crippen LogP contribution in [-0.4, -0.2) is 50.1 Å². The van der Waals surface area contributed by atoms with Gasteiger partial charge < -0.3 is 15.0 Å². The zero-order chi connectivity index (χ0) is 10.8. The molecular weight excluding hydrogens is 184 g/mol. The lowest BCUT2D eigenvalue weighted by Gasteiger charge is -2.28. The zero-order valence-electron chi connectivity index (χ0n) is 8.79. The second kappa shape index (κ2) is 3.96. The van der Waals surface area contributed by atoms with E-state index in [4.69, 9.17) is 4.74 Å². The van der Waals surface area contributed by atoms with Gasteiger partial charge in [-0.05, 0) is 20.5 Å². The second-order valence-corrected chi connectivity index (χ2v) is 3.86. The summed E-state index contributed by atoms with van der Waals surface area (Å²) in [5, 5.41) is 2.69. The summed E-state index contributed by atoms with van der Waals surface area (Å²) in [6.07, 6.45) is 0.902. The van der Waals surface area contributed by atoms with Crippen LogP contribution < -0.4 is 5.32 Å². The van der Waals surface area contributed by atoms with Gasteiger partial charge in [-0.2, -0.15) is 0 Å². The van der Waals surface area contributed by atoms with Crippen LogP contribution in [-0.2, 0) is 14.3 Å². The highest BCUT2D eigenvalue weighted by Gasteiger charge is 2.45. The van der Waals surface area contributed by atoms with Crippen molar-refractivity contribution in [2.45, 2.75) is 18.4 Å². The van der Waals surface area contributed by atoms with E-state index in [1.165, 1.54) is 7.11 Å². The predicted molar refractivity (Wildman–Crippen MR) is 50.7 cm³/mol. The number of carbonyl (C=O) groups excluding carboxylic acids is 2. The molecule has 1 heterocycles. The molecule has 0 unspecified atom stereocenters. The Hall–Kier alpha value is -1.10. The quantitative estimate of drug-likeness (QED) is 0.616. The Kier molecular flexibility index (Phi) is 3.10. The van der Waals surface area contributed by atoms with E-state index < -0.39 is 5.54 Å². The number of carbonyl (C=O) groups is 2. The third kappa shape index (κ3) is 2.04. The van der Waals surface area contributed by atoms with Crippen LogP contribution in [0, 0.1) is 0 Å². The van der Waals surface area contributed by atoms with E-state index in [0.717, 1.165) is 0 Å². The number of esters is 1. The summed E-state index contributed by atoms with van der Waals surface area (Å²) in [5.74, 6) is -0.450. The van der Waals surface area contributed by atoms with Gasteiger partial charge in [0.15, 0.2) is 5.54 Å². The molecule has 0 bridgehead atoms. The SMILES string of the molecule is COC(=O)[C@@]1(CN(C)C)CCC(=O)N1. The molecule has 5 nitrogen and oxygen atoms in total. The van der Waals surface area contributed by atoms with E-state index in [-0.39, 0.29) is 11.9 Å². The third-order valence-corrected chi connectivity index (χ3v) is 2.32. The van der Waals surface area contributed by atoms with Crippen molar-refractivity contribution in [3.63, 3.8) is 0 Å². The van der Waals surface area contributed by atoms with Gasteiger partial charge in [0.05, 0.1) is 7.11 Å². The van der Waals surface area contributed by atoms with Crippen molar-refractivity contribution in [1.29, 1.82) is 0 Å². The van der Waals surface area contributed by atoms with Crippen molar-refractivity contribution in [1.82, 2.24) is 10.2 Å². The van der Waals surface area contributed by atoms with Gasteiger partial charge in [-0.1, -0.05) is 0 Å². The van der Waals surface area contributed by atoms with E-state index in [1.54, 1.807) is 0 Å². The molecule has 1 atom stereocenters. The van der Waals surface area contributed by atoms with Crippen LogP contribution >= 0.6 is 0 Å². The lowest BCUT2D eigenvalue weighted by atomic mass is 9.97. The number of nitrogens with one attached hydrogen (secondary N) is 1. The predicted octanol–water partition coefficient (Wildman–Crippen LogP) is -0.630. The number of likely N-dealkylation sites (N-methyl/N-ethyl adjacent to an activating group) is 1. The summed E-state index contributed by atoms with van der Waals surface area (Å²) in [4.78, 5) is 24.5. The minimum atomic E-state index is -0.838. The number of hydrogen-bond acceptors (Lipinski definition) is 4. The average molecular weight is 200 g/mol. The highest BCUT2D eigenvalue weighted by Crippen LogP contribution is 2.22. The Morgan fingerprint density at radius 2 is 2.29 bits per heavy atom. The second-order valence-electron chi connectivity index (χ2n) is 3.86. The lowest BCUT2D eigenvalue weighted by Crippen LogP contribution is -2.55. The molecule has 80 valence electrons. The van der Waals surface area contributed by atoms with Gasteiger partial charge in [0.2, 0.25) is 5.91 Å². The van der Waals surface area contributed by atoms with Crippen molar-refractivity contribution in [3.8, 4) is 0 Å². The summed E-state index contributed by atoms with van der Waals surface area (Å²) in [7, 11) is 5.05. The normalized spacial score (nSPS) is 26.4. The minimum Gasteiger partial charge on any atom is -0.467 e. The Morgan fingerprint density at radius 1 is 1.64 bits per heavy atom. The number of hydrogen-bond donors (Lipinski definition) is 1. The first kappa shape index (κ1) is 11.0. The van der Waals surface area contributed by atoms with Gasteiger partial charge in [0.25, 0.3) is 0 Å². The van der Waals surface area contributed by atoms with Crippen molar-refractivity contribution >= 4 is 11.9 Å². The van der Waals surface area contributed by atoms with E-state index in [1.807, 2.05) is 19.0 Å². The number of ether oxygens (including phenoxy) is 1. The maximum Gasteiger partial charge on any atom is 0.332 e. The van der Waals surface area contributed by atoms with E-state index >= 15 is 0 Å². The highest BCUT2D eigenvalue weighted by molar-refractivity contribution is 5.92. The Labute approximate surface area is 83.4 Å². The van der Waals surface area contributed by atoms with Crippen LogP contribution in [0.2, 0.25) is 0 Å². The molecule has 1 amide bonds. The molecule has 0 aliphatic carbocycles. The largest absolute Gasteiger partial charge is 0.467 e. The standard InChI is InChI=1S/C9H16N2O3/c1-11(2)6-9(8(13)14-3)5-4-7(12)10-9/h4-6H2,1-3H3,(H,10,12)/t9-/m0/s1. The Morgan fingerprint density at radius 3 is 2.64 bits per heavy atom. The fourth-order valence-electron chi connectivity index (χ4n) is 1.79. The summed E-state index contributed by atoms with van der Waals surface area (Å²) in [5.41, 5.74) is -0.838. The van der Waals surface area contributed by atoms with E-state index in [2.05, 4.69) is 5.32 Å². The van der Waals surface area contributed by atoms with Crippen LogP contribution in [0.3, 0.4) is 0 Å². The van der Waals surface area contributed by atoms with Crippen LogP contribution in [0.5, 0.6) is 0 Å². The van der Waals surface area contributed by atoms with Crippen LogP contribution in [0.1, 0.15) is 12.8 Å². The van der Waals surface area contributed by atoms with Gasteiger partial charge in [-0.25, -0.2) is 4.79 Å². The molecule has 0 spiro atoms. The van der Waals surface area contributed by atoms with Crippen molar-refractivity contribution < 1.29 is 14.3 Å². The summed E-state index contributed by atoms with van der Waals surface area (Å²) in [6.45, 7) is 0.478. The maximum atomic E-state index is 11.6. The Balaban J connectivity index is 2.80. The summed E-state index contributed by atoms with van der Waals surface area (Å²) >= 11 is 0. The molecule has 0 aromatic rings. The number of methoxy groups -OCH3 is 1. The van der Waals surface area contributed by atoms with Gasteiger partial charge >= 0.3 is 5.97 Å². The van der Waals surface area contributed by atoms with Gasteiger partial charge in [-0.15, -0.1) is 0 Å². The van der Waals surface area contributed by atoms with E-state index in [0.29, 0.717) is 19.4 Å². The van der Waals surface area contributed by atoms with Gasteiger partial charge in [-0.3, -0.25) is 4.79 Å². The Bertz CT molecular complexity index is 252. The van der Waals surface area contributed by atoms with E-state index in [9.17, 15) is 9.59 Å². The molecule has 1 saturated heterocycles. The van der Waals surface area contributed by atoms with Crippen molar-refractivity contribution in [3.05, 3.63) is 0 Å². The van der Waals surface area contributed by atoms with Crippen molar-refractivity contribution in [2.75, 3.05) is 27.7 Å². The van der Waals surface area contributed by atoms with Crippen LogP contribution in [0.15, 0.2) is 0 Å². The molecule has 0 radical (unpaired) electrons. The fourth-order valence-corrected chi connectivity index (χ4v) is 1.79. The minimum absolute atomic E-state index is 0.0859. The molecule has 14 heavy (non-hydrogen) atoms. The lowest BCUT2D eigenvalue weighted by molar-refractivity contribution is -0.149. The molecule has 1 aliphatic rings. The molecule has 0 aromatic heterocycles. The average Bonchev–Trinajstić information content (AvgIpc) is 2.46. The third-order valence-electron chi connectivity index (χ3n) is 2.32. The molecule has 1 N–H and O–H groups in total. The smallest absolute Gasteiger partial charge is 0.332 e. The number of nitrogens with zero attached hydrogens (tertiary/aromatic N) is 1. The van der Waals surface area contributed by atoms with Gasteiger partial charge in [0.1, 0.15) is 0 Å². The molecule has 5 heteroatoms. The monoisotopic (exact) mass is 200 g/mol. The van der Waals surface area contributed by atoms with Crippen molar-refractivity contribution in [2.24, 2.45) is 0 Å². The first-order chi connectivity index (χ1) is 6.50. The number of amides is 1. The zero-order valence-corrected chi connectivity index (χ0v) is 8.79. The first-order valence-corrected chi connectivity index (χ1v) is 4.54. The molecule has 1 fully saturated rings. The van der Waals surface area contributed by atoms with Crippen LogP contribution in [0.25, 0.3) is 0 Å². The molecular formula is C9H16N2O3. The number of rotatable bonds is 3. The summed E-state index contributed by atoms with van der Waals surface area (Å²) in [6, 6.07) is 0. The topological polar surface area (TPSA) is 58.6 Å². The van der Waals surface area contributed by atoms with Crippen LogP contribution in [0.4, 0.5) is 0 Å². The van der Waals surface area contributed by atoms with Gasteiger partial charge in [0, 0.05) is 13.0 Å². The summed E-state index contributed by atoms with van der Waals surface area (Å²) < 4.78 is 4.71. The first-order valence-electron chi connectivity index (χ1n) is 4.54. The molecule has 0 saturated carbocycles. The highest BCUT2D eigenvalue weighted by atomic mass is 16.5. The molecule has 1 rings (SSSR count). The molecule has 0 aromatic carbocycles. The maximum absolute atomic E-state index is 11.6. The fraction of sp³-hybridized carbons (Fsp3) is 0.778.